The molecule has 0 radical (unpaired) electrons. The molecule has 18 heavy (non-hydrogen) atoms. The van der Waals surface area contributed by atoms with Crippen molar-refractivity contribution in [3.8, 4) is 5.75 Å². The van der Waals surface area contributed by atoms with Crippen LogP contribution in [-0.2, 0) is 10.0 Å². The van der Waals surface area contributed by atoms with E-state index >= 15 is 0 Å². The minimum Gasteiger partial charge on any atom is -0.496 e. The maximum Gasteiger partial charge on any atom is 0.240 e. The van der Waals surface area contributed by atoms with Gasteiger partial charge in [-0.2, -0.15) is 0 Å². The number of ether oxygens (including phenoxy) is 1. The molecule has 0 aromatic heterocycles. The van der Waals surface area contributed by atoms with Crippen LogP contribution in [0.1, 0.15) is 12.8 Å². The van der Waals surface area contributed by atoms with Gasteiger partial charge in [0, 0.05) is 13.2 Å². The number of unbranched alkanes of at least 4 members (excludes halogenated alkanes) is 1. The van der Waals surface area contributed by atoms with Gasteiger partial charge >= 0.3 is 0 Å². The molecule has 0 heterocycles. The second kappa shape index (κ2) is 7.08. The molecule has 0 bridgehead atoms. The molecule has 0 aliphatic heterocycles. The number of benzene rings is 1. The van der Waals surface area contributed by atoms with Crippen LogP contribution >= 0.6 is 15.9 Å². The number of nitrogens with one attached hydrogen (secondary N) is 1. The molecule has 0 amide bonds. The molecule has 1 aromatic carbocycles. The van der Waals surface area contributed by atoms with Crippen molar-refractivity contribution in [1.29, 1.82) is 0 Å². The third-order valence-corrected chi connectivity index (χ3v) is 4.39. The van der Waals surface area contributed by atoms with E-state index in [1.807, 2.05) is 0 Å². The average Bonchev–Trinajstić information content (AvgIpc) is 2.34. The van der Waals surface area contributed by atoms with Crippen LogP contribution in [-0.4, -0.2) is 33.8 Å². The number of halogens is 1. The van der Waals surface area contributed by atoms with Crippen LogP contribution in [0.2, 0.25) is 0 Å². The molecule has 0 unspecified atom stereocenters. The molecule has 1 aromatic rings. The monoisotopic (exact) mass is 337 g/mol. The zero-order valence-corrected chi connectivity index (χ0v) is 12.4. The molecule has 0 fully saturated rings. The zero-order chi connectivity index (χ0) is 13.6. The van der Waals surface area contributed by atoms with Crippen molar-refractivity contribution in [3.63, 3.8) is 0 Å². The molecular formula is C11H16BrNO4S. The molecule has 0 aliphatic carbocycles. The Morgan fingerprint density at radius 1 is 1.39 bits per heavy atom. The number of sulfonamides is 1. The van der Waals surface area contributed by atoms with E-state index in [4.69, 9.17) is 9.84 Å². The average molecular weight is 338 g/mol. The SMILES string of the molecule is COc1ccc(S(=O)(=O)NCCCCO)cc1Br. The van der Waals surface area contributed by atoms with Crippen molar-refractivity contribution in [3.05, 3.63) is 22.7 Å². The summed E-state index contributed by atoms with van der Waals surface area (Å²) in [6.07, 6.45) is 1.18. The van der Waals surface area contributed by atoms with Gasteiger partial charge in [0.25, 0.3) is 0 Å². The van der Waals surface area contributed by atoms with Crippen LogP contribution in [0.5, 0.6) is 5.75 Å². The molecule has 2 N–H and O–H groups in total. The Kier molecular flexibility index (Phi) is 6.07. The van der Waals surface area contributed by atoms with Crippen LogP contribution in [0.3, 0.4) is 0 Å². The van der Waals surface area contributed by atoms with Crippen molar-refractivity contribution in [2.75, 3.05) is 20.3 Å². The van der Waals surface area contributed by atoms with E-state index in [2.05, 4.69) is 20.7 Å². The molecule has 0 saturated heterocycles. The van der Waals surface area contributed by atoms with Crippen molar-refractivity contribution >= 4 is 26.0 Å². The Hall–Kier alpha value is -0.630. The second-order valence-electron chi connectivity index (χ2n) is 3.62. The summed E-state index contributed by atoms with van der Waals surface area (Å²) < 4.78 is 31.9. The lowest BCUT2D eigenvalue weighted by Gasteiger charge is -2.08. The fourth-order valence-corrected chi connectivity index (χ4v) is 3.13. The van der Waals surface area contributed by atoms with Crippen molar-refractivity contribution in [2.45, 2.75) is 17.7 Å². The van der Waals surface area contributed by atoms with E-state index in [0.717, 1.165) is 0 Å². The summed E-state index contributed by atoms with van der Waals surface area (Å²) in [7, 11) is -1.99. The first-order valence-electron chi connectivity index (χ1n) is 5.45. The second-order valence-corrected chi connectivity index (χ2v) is 6.25. The van der Waals surface area contributed by atoms with Gasteiger partial charge in [-0.25, -0.2) is 13.1 Å². The molecular weight excluding hydrogens is 322 g/mol. The molecule has 1 rings (SSSR count). The van der Waals surface area contributed by atoms with Gasteiger partial charge in [0.2, 0.25) is 10.0 Å². The molecule has 0 saturated carbocycles. The van der Waals surface area contributed by atoms with Gasteiger partial charge in [-0.05, 0) is 47.0 Å². The number of rotatable bonds is 7. The molecule has 102 valence electrons. The van der Waals surface area contributed by atoms with Crippen molar-refractivity contribution in [1.82, 2.24) is 4.72 Å². The Morgan fingerprint density at radius 2 is 2.11 bits per heavy atom. The van der Waals surface area contributed by atoms with Crippen LogP contribution in [0.25, 0.3) is 0 Å². The molecule has 5 nitrogen and oxygen atoms in total. The maximum atomic E-state index is 11.9. The van der Waals surface area contributed by atoms with E-state index in [-0.39, 0.29) is 11.5 Å². The highest BCUT2D eigenvalue weighted by atomic mass is 79.9. The largest absolute Gasteiger partial charge is 0.496 e. The molecule has 0 spiro atoms. The van der Waals surface area contributed by atoms with Gasteiger partial charge in [0.05, 0.1) is 16.5 Å². The summed E-state index contributed by atoms with van der Waals surface area (Å²) in [6.45, 7) is 0.377. The topological polar surface area (TPSA) is 75.6 Å². The summed E-state index contributed by atoms with van der Waals surface area (Å²) in [5.74, 6) is 0.578. The predicted molar refractivity (Wildman–Crippen MR) is 72.2 cm³/mol. The summed E-state index contributed by atoms with van der Waals surface area (Å²) in [5.41, 5.74) is 0. The first kappa shape index (κ1) is 15.4. The minimum absolute atomic E-state index is 0.0653. The third kappa shape index (κ3) is 4.24. The summed E-state index contributed by atoms with van der Waals surface area (Å²) >= 11 is 3.24. The number of hydrogen-bond acceptors (Lipinski definition) is 4. The van der Waals surface area contributed by atoms with Crippen molar-refractivity contribution in [2.24, 2.45) is 0 Å². The Labute approximate surface area is 115 Å². The smallest absolute Gasteiger partial charge is 0.240 e. The zero-order valence-electron chi connectivity index (χ0n) is 10.0. The van der Waals surface area contributed by atoms with E-state index in [1.54, 1.807) is 6.07 Å². The van der Waals surface area contributed by atoms with Gasteiger partial charge in [0.15, 0.2) is 0 Å². The Bertz CT molecular complexity index is 490. The van der Waals surface area contributed by atoms with Gasteiger partial charge in [-0.1, -0.05) is 0 Å². The number of aliphatic hydroxyl groups excluding tert-OH is 1. The normalized spacial score (nSPS) is 11.5. The third-order valence-electron chi connectivity index (χ3n) is 2.31. The minimum atomic E-state index is -3.51. The fraction of sp³-hybridized carbons (Fsp3) is 0.455. The van der Waals surface area contributed by atoms with Gasteiger partial charge in [0.1, 0.15) is 5.75 Å². The first-order chi connectivity index (χ1) is 8.51. The van der Waals surface area contributed by atoms with Gasteiger partial charge in [-0.15, -0.1) is 0 Å². The standard InChI is InChI=1S/C11H16BrNO4S/c1-17-11-5-4-9(8-10(11)12)18(15,16)13-6-2-3-7-14/h4-5,8,13-14H,2-3,6-7H2,1H3. The highest BCUT2D eigenvalue weighted by Crippen LogP contribution is 2.27. The highest BCUT2D eigenvalue weighted by Gasteiger charge is 2.14. The van der Waals surface area contributed by atoms with Crippen LogP contribution in [0.15, 0.2) is 27.6 Å². The predicted octanol–water partition coefficient (Wildman–Crippen LogP) is 1.51. The number of aliphatic hydroxyl groups is 1. The number of methoxy groups -OCH3 is 1. The first-order valence-corrected chi connectivity index (χ1v) is 7.73. The fourth-order valence-electron chi connectivity index (χ4n) is 1.34. The van der Waals surface area contributed by atoms with Crippen LogP contribution < -0.4 is 9.46 Å². The van der Waals surface area contributed by atoms with Crippen LogP contribution in [0, 0.1) is 0 Å². The maximum absolute atomic E-state index is 11.9. The van der Waals surface area contributed by atoms with E-state index in [1.165, 1.54) is 19.2 Å². The van der Waals surface area contributed by atoms with E-state index in [9.17, 15) is 8.42 Å². The highest BCUT2D eigenvalue weighted by molar-refractivity contribution is 9.10. The summed E-state index contributed by atoms with van der Waals surface area (Å²) in [4.78, 5) is 0.180. The van der Waals surface area contributed by atoms with Gasteiger partial charge in [-0.3, -0.25) is 0 Å². The Morgan fingerprint density at radius 3 is 2.67 bits per heavy atom. The molecule has 0 atom stereocenters. The quantitative estimate of drug-likeness (QED) is 0.739. The molecule has 7 heteroatoms. The number of hydrogen-bond donors (Lipinski definition) is 2. The van der Waals surface area contributed by atoms with E-state index < -0.39 is 10.0 Å². The van der Waals surface area contributed by atoms with E-state index in [0.29, 0.717) is 29.6 Å². The summed E-state index contributed by atoms with van der Waals surface area (Å²) in [5, 5.41) is 8.61. The van der Waals surface area contributed by atoms with Gasteiger partial charge < -0.3 is 9.84 Å². The molecule has 0 aliphatic rings. The summed E-state index contributed by atoms with van der Waals surface area (Å²) in [6, 6.07) is 4.57. The lowest BCUT2D eigenvalue weighted by molar-refractivity contribution is 0.285. The van der Waals surface area contributed by atoms with Crippen molar-refractivity contribution < 1.29 is 18.3 Å². The van der Waals surface area contributed by atoms with Crippen LogP contribution in [0.4, 0.5) is 0 Å². The lowest BCUT2D eigenvalue weighted by Crippen LogP contribution is -2.25. The Balaban J connectivity index is 2.76. The lowest BCUT2D eigenvalue weighted by atomic mass is 10.3.